The average molecular weight is 264 g/mol. The van der Waals surface area contributed by atoms with Crippen molar-refractivity contribution in [2.75, 3.05) is 0 Å². The molecule has 0 heterocycles. The molecule has 1 fully saturated rings. The highest BCUT2D eigenvalue weighted by molar-refractivity contribution is 6.69. The molecule has 1 saturated carbocycles. The lowest BCUT2D eigenvalue weighted by Gasteiger charge is -2.03. The van der Waals surface area contributed by atoms with E-state index in [9.17, 15) is 4.79 Å². The summed E-state index contributed by atoms with van der Waals surface area (Å²) in [5.41, 5.74) is 0.0675. The van der Waals surface area contributed by atoms with Gasteiger partial charge in [-0.05, 0) is 24.1 Å². The van der Waals surface area contributed by atoms with Crippen molar-refractivity contribution >= 4 is 40.0 Å². The summed E-state index contributed by atoms with van der Waals surface area (Å²) in [4.78, 5) is 11.3. The van der Waals surface area contributed by atoms with Gasteiger partial charge in [0.05, 0.1) is 5.41 Å². The highest BCUT2D eigenvalue weighted by atomic mass is 35.5. The van der Waals surface area contributed by atoms with Crippen molar-refractivity contribution in [2.45, 2.75) is 17.2 Å². The van der Waals surface area contributed by atoms with Crippen molar-refractivity contribution in [3.63, 3.8) is 0 Å². The van der Waals surface area contributed by atoms with E-state index >= 15 is 0 Å². The van der Waals surface area contributed by atoms with Gasteiger partial charge in [-0.15, -0.1) is 0 Å². The molecule has 15 heavy (non-hydrogen) atoms. The second-order valence-corrected chi connectivity index (χ2v) is 5.67. The van der Waals surface area contributed by atoms with Gasteiger partial charge in [-0.3, -0.25) is 4.79 Å². The van der Waals surface area contributed by atoms with Crippen LogP contribution in [0.2, 0.25) is 0 Å². The van der Waals surface area contributed by atoms with Crippen LogP contribution in [0.15, 0.2) is 30.3 Å². The maximum atomic E-state index is 11.3. The minimum atomic E-state index is -1.09. The molecule has 4 heteroatoms. The molecule has 0 aromatic heterocycles. The topological polar surface area (TPSA) is 17.1 Å². The van der Waals surface area contributed by atoms with Crippen LogP contribution in [0.5, 0.6) is 0 Å². The summed E-state index contributed by atoms with van der Waals surface area (Å²) in [5.74, 6) is -0.223. The van der Waals surface area contributed by atoms with Crippen molar-refractivity contribution in [1.82, 2.24) is 0 Å². The van der Waals surface area contributed by atoms with E-state index < -0.39 is 15.0 Å². The summed E-state index contributed by atoms with van der Waals surface area (Å²) < 4.78 is -1.09. The first-order valence-corrected chi connectivity index (χ1v) is 5.68. The zero-order valence-corrected chi connectivity index (χ0v) is 10.3. The maximum absolute atomic E-state index is 11.3. The molecular formula is C11H9Cl3O. The van der Waals surface area contributed by atoms with Crippen LogP contribution in [0.3, 0.4) is 0 Å². The van der Waals surface area contributed by atoms with Crippen LogP contribution in [-0.2, 0) is 4.79 Å². The van der Waals surface area contributed by atoms with Gasteiger partial charge in [-0.1, -0.05) is 53.5 Å². The van der Waals surface area contributed by atoms with E-state index in [4.69, 9.17) is 34.8 Å². The van der Waals surface area contributed by atoms with Gasteiger partial charge in [-0.2, -0.15) is 0 Å². The molecule has 0 radical (unpaired) electrons. The normalized spacial score (nSPS) is 32.4. The SMILES string of the molecule is CC1(C(=O)Cl)C(c2ccccc2)C1(Cl)Cl. The summed E-state index contributed by atoms with van der Waals surface area (Å²) in [6.45, 7) is 1.69. The van der Waals surface area contributed by atoms with Crippen molar-refractivity contribution < 1.29 is 4.79 Å². The van der Waals surface area contributed by atoms with Crippen molar-refractivity contribution in [3.8, 4) is 0 Å². The van der Waals surface area contributed by atoms with Crippen LogP contribution in [0.1, 0.15) is 18.4 Å². The third-order valence-corrected chi connectivity index (χ3v) is 4.70. The van der Waals surface area contributed by atoms with E-state index in [1.54, 1.807) is 6.92 Å². The predicted molar refractivity (Wildman–Crippen MR) is 62.6 cm³/mol. The summed E-state index contributed by atoms with van der Waals surface area (Å²) in [5, 5.41) is -0.485. The van der Waals surface area contributed by atoms with E-state index in [0.29, 0.717) is 0 Å². The smallest absolute Gasteiger partial charge is 0.231 e. The standard InChI is InChI=1S/C11H9Cl3O/c1-10(9(12)15)8(11(10,13)14)7-5-3-2-4-6-7/h2-6,8H,1H3. The lowest BCUT2D eigenvalue weighted by molar-refractivity contribution is -0.115. The quantitative estimate of drug-likeness (QED) is 0.587. The van der Waals surface area contributed by atoms with E-state index in [2.05, 4.69) is 0 Å². The Kier molecular flexibility index (Phi) is 2.53. The Labute approximate surface area is 103 Å². The molecule has 0 spiro atoms. The van der Waals surface area contributed by atoms with Crippen molar-refractivity contribution in [2.24, 2.45) is 5.41 Å². The number of rotatable bonds is 2. The Bertz CT molecular complexity index is 402. The van der Waals surface area contributed by atoms with E-state index in [-0.39, 0.29) is 5.92 Å². The monoisotopic (exact) mass is 262 g/mol. The molecule has 2 unspecified atom stereocenters. The molecule has 1 aromatic carbocycles. The molecule has 0 amide bonds. The Morgan fingerprint density at radius 2 is 1.80 bits per heavy atom. The number of halogens is 3. The number of carbonyl (C=O) groups excluding carboxylic acids is 1. The summed E-state index contributed by atoms with van der Waals surface area (Å²) in [6, 6.07) is 9.47. The number of carbonyl (C=O) groups is 1. The molecule has 80 valence electrons. The minimum absolute atomic E-state index is 0.223. The molecule has 0 N–H and O–H groups in total. The fraction of sp³-hybridized carbons (Fsp3) is 0.364. The zero-order valence-electron chi connectivity index (χ0n) is 8.01. The molecule has 1 aromatic rings. The summed E-state index contributed by atoms with van der Waals surface area (Å²) in [6.07, 6.45) is 0. The average Bonchev–Trinajstić information content (AvgIpc) is 2.64. The molecule has 0 bridgehead atoms. The second kappa shape index (κ2) is 3.38. The van der Waals surface area contributed by atoms with Gasteiger partial charge in [0, 0.05) is 5.92 Å². The lowest BCUT2D eigenvalue weighted by atomic mass is 10.0. The number of alkyl halides is 2. The van der Waals surface area contributed by atoms with Gasteiger partial charge in [0.15, 0.2) is 0 Å². The Hall–Kier alpha value is -0.240. The predicted octanol–water partition coefficient (Wildman–Crippen LogP) is 3.73. The molecule has 0 aliphatic heterocycles. The van der Waals surface area contributed by atoms with Gasteiger partial charge in [-0.25, -0.2) is 0 Å². The van der Waals surface area contributed by atoms with Crippen molar-refractivity contribution in [1.29, 1.82) is 0 Å². The summed E-state index contributed by atoms with van der Waals surface area (Å²) >= 11 is 17.7. The molecular weight excluding hydrogens is 254 g/mol. The van der Waals surface area contributed by atoms with E-state index in [1.807, 2.05) is 30.3 Å². The van der Waals surface area contributed by atoms with Crippen LogP contribution >= 0.6 is 34.8 Å². The third-order valence-electron chi connectivity index (χ3n) is 3.09. The molecule has 1 nitrogen and oxygen atoms in total. The Morgan fingerprint density at radius 1 is 1.27 bits per heavy atom. The Balaban J connectivity index is 2.39. The van der Waals surface area contributed by atoms with Gasteiger partial charge in [0.1, 0.15) is 4.33 Å². The fourth-order valence-corrected chi connectivity index (χ4v) is 3.29. The van der Waals surface area contributed by atoms with E-state index in [0.717, 1.165) is 5.56 Å². The first-order chi connectivity index (χ1) is 6.92. The third kappa shape index (κ3) is 1.41. The first kappa shape index (κ1) is 11.3. The van der Waals surface area contributed by atoms with Crippen molar-refractivity contribution in [3.05, 3.63) is 35.9 Å². The largest absolute Gasteiger partial charge is 0.281 e. The number of benzene rings is 1. The second-order valence-electron chi connectivity index (χ2n) is 3.94. The van der Waals surface area contributed by atoms with Crippen LogP contribution in [-0.4, -0.2) is 9.58 Å². The van der Waals surface area contributed by atoms with Crippen LogP contribution in [0, 0.1) is 5.41 Å². The molecule has 0 saturated heterocycles. The lowest BCUT2D eigenvalue weighted by Crippen LogP contribution is -2.12. The fourth-order valence-electron chi connectivity index (χ4n) is 1.96. The molecule has 1 aliphatic carbocycles. The highest BCUT2D eigenvalue weighted by Crippen LogP contribution is 2.74. The first-order valence-electron chi connectivity index (χ1n) is 4.55. The highest BCUT2D eigenvalue weighted by Gasteiger charge is 2.77. The Morgan fingerprint density at radius 3 is 2.20 bits per heavy atom. The molecule has 2 atom stereocenters. The van der Waals surface area contributed by atoms with Gasteiger partial charge in [0.25, 0.3) is 0 Å². The van der Waals surface area contributed by atoms with Crippen LogP contribution < -0.4 is 0 Å². The maximum Gasteiger partial charge on any atom is 0.231 e. The van der Waals surface area contributed by atoms with Gasteiger partial charge in [0.2, 0.25) is 5.24 Å². The zero-order chi connectivity index (χ0) is 11.3. The summed E-state index contributed by atoms with van der Waals surface area (Å²) in [7, 11) is 0. The molecule has 1 aliphatic rings. The van der Waals surface area contributed by atoms with Gasteiger partial charge < -0.3 is 0 Å². The number of hydrogen-bond donors (Lipinski definition) is 0. The van der Waals surface area contributed by atoms with E-state index in [1.165, 1.54) is 0 Å². The van der Waals surface area contributed by atoms with Crippen LogP contribution in [0.4, 0.5) is 0 Å². The van der Waals surface area contributed by atoms with Crippen LogP contribution in [0.25, 0.3) is 0 Å². The number of hydrogen-bond acceptors (Lipinski definition) is 1. The van der Waals surface area contributed by atoms with Gasteiger partial charge >= 0.3 is 0 Å². The molecule has 2 rings (SSSR count). The minimum Gasteiger partial charge on any atom is -0.281 e.